The second-order valence-electron chi connectivity index (χ2n) is 7.77. The van der Waals surface area contributed by atoms with Crippen LogP contribution >= 0.6 is 0 Å². The SMILES string of the molecule is Cc1cc(C)n([C@@H](C)C(=O)N2CCC(CCC(=O)Nc3ccccc3)CC2)n1. The highest BCUT2D eigenvalue weighted by Crippen LogP contribution is 2.24. The minimum absolute atomic E-state index is 0.0582. The van der Waals surface area contributed by atoms with Gasteiger partial charge in [0.25, 0.3) is 0 Å². The lowest BCUT2D eigenvalue weighted by molar-refractivity contribution is -0.136. The number of rotatable bonds is 6. The number of anilines is 1. The number of carbonyl (C=O) groups excluding carboxylic acids is 2. The van der Waals surface area contributed by atoms with Gasteiger partial charge in [0.2, 0.25) is 11.8 Å². The smallest absolute Gasteiger partial charge is 0.247 e. The number of hydrogen-bond donors (Lipinski definition) is 1. The van der Waals surface area contributed by atoms with Crippen LogP contribution in [0.1, 0.15) is 50.0 Å². The quantitative estimate of drug-likeness (QED) is 0.828. The molecule has 2 amide bonds. The molecule has 150 valence electrons. The van der Waals surface area contributed by atoms with Crippen LogP contribution in [0.25, 0.3) is 0 Å². The van der Waals surface area contributed by atoms with Crippen LogP contribution in [0.5, 0.6) is 0 Å². The van der Waals surface area contributed by atoms with Gasteiger partial charge in [-0.05, 0) is 64.2 Å². The van der Waals surface area contributed by atoms with Crippen LogP contribution in [-0.2, 0) is 9.59 Å². The summed E-state index contributed by atoms with van der Waals surface area (Å²) in [7, 11) is 0. The van der Waals surface area contributed by atoms with Crippen LogP contribution in [0.4, 0.5) is 5.69 Å². The Morgan fingerprint density at radius 2 is 1.86 bits per heavy atom. The molecule has 0 radical (unpaired) electrons. The Morgan fingerprint density at radius 1 is 1.18 bits per heavy atom. The van der Waals surface area contributed by atoms with Gasteiger partial charge >= 0.3 is 0 Å². The van der Waals surface area contributed by atoms with Gasteiger partial charge in [-0.15, -0.1) is 0 Å². The first-order chi connectivity index (χ1) is 13.4. The first-order valence-corrected chi connectivity index (χ1v) is 10.1. The number of carbonyl (C=O) groups is 2. The molecular formula is C22H30N4O2. The number of hydrogen-bond acceptors (Lipinski definition) is 3. The number of nitrogens with zero attached hydrogens (tertiary/aromatic N) is 3. The maximum atomic E-state index is 12.8. The second kappa shape index (κ2) is 9.04. The molecule has 0 saturated carbocycles. The largest absolute Gasteiger partial charge is 0.341 e. The lowest BCUT2D eigenvalue weighted by Crippen LogP contribution is -2.42. The van der Waals surface area contributed by atoms with Gasteiger partial charge in [0.1, 0.15) is 6.04 Å². The van der Waals surface area contributed by atoms with Crippen LogP contribution in [0.3, 0.4) is 0 Å². The molecule has 6 nitrogen and oxygen atoms in total. The standard InChI is InChI=1S/C22H30N4O2/c1-16-15-17(2)26(24-16)18(3)22(28)25-13-11-19(12-14-25)9-10-21(27)23-20-7-5-4-6-8-20/h4-8,15,18-19H,9-14H2,1-3H3,(H,23,27)/t18-/m0/s1. The highest BCUT2D eigenvalue weighted by molar-refractivity contribution is 5.90. The van der Waals surface area contributed by atoms with Crippen LogP contribution < -0.4 is 5.32 Å². The van der Waals surface area contributed by atoms with E-state index in [0.29, 0.717) is 12.3 Å². The zero-order chi connectivity index (χ0) is 20.1. The zero-order valence-corrected chi connectivity index (χ0v) is 17.0. The average molecular weight is 383 g/mol. The van der Waals surface area contributed by atoms with Gasteiger partial charge in [0.15, 0.2) is 0 Å². The fourth-order valence-corrected chi connectivity index (χ4v) is 3.93. The van der Waals surface area contributed by atoms with Gasteiger partial charge < -0.3 is 10.2 Å². The predicted octanol–water partition coefficient (Wildman–Crippen LogP) is 3.72. The first kappa shape index (κ1) is 20.1. The molecule has 1 aromatic heterocycles. The number of likely N-dealkylation sites (tertiary alicyclic amines) is 1. The van der Waals surface area contributed by atoms with Crippen molar-refractivity contribution in [2.45, 2.75) is 52.5 Å². The van der Waals surface area contributed by atoms with Gasteiger partial charge in [-0.25, -0.2) is 0 Å². The zero-order valence-electron chi connectivity index (χ0n) is 17.0. The normalized spacial score (nSPS) is 16.0. The number of amides is 2. The summed E-state index contributed by atoms with van der Waals surface area (Å²) in [6.45, 7) is 7.36. The Kier molecular flexibility index (Phi) is 6.49. The Hall–Kier alpha value is -2.63. The molecule has 28 heavy (non-hydrogen) atoms. The van der Waals surface area contributed by atoms with E-state index in [2.05, 4.69) is 10.4 Å². The molecule has 1 fully saturated rings. The average Bonchev–Trinajstić information content (AvgIpc) is 3.04. The maximum absolute atomic E-state index is 12.8. The molecule has 6 heteroatoms. The van der Waals surface area contributed by atoms with Crippen molar-refractivity contribution in [3.05, 3.63) is 47.8 Å². The van der Waals surface area contributed by atoms with Crippen molar-refractivity contribution in [1.29, 1.82) is 0 Å². The van der Waals surface area contributed by atoms with E-state index < -0.39 is 0 Å². The van der Waals surface area contributed by atoms with Gasteiger partial charge in [-0.1, -0.05) is 18.2 Å². The van der Waals surface area contributed by atoms with E-state index >= 15 is 0 Å². The molecular weight excluding hydrogens is 352 g/mol. The van der Waals surface area contributed by atoms with Crippen molar-refractivity contribution in [3.8, 4) is 0 Å². The minimum atomic E-state index is -0.276. The molecule has 3 rings (SSSR count). The Labute approximate surface area is 166 Å². The van der Waals surface area contributed by atoms with Gasteiger partial charge in [0, 0.05) is 30.9 Å². The summed E-state index contributed by atoms with van der Waals surface area (Å²) >= 11 is 0. The summed E-state index contributed by atoms with van der Waals surface area (Å²) in [6.07, 6.45) is 3.30. The Morgan fingerprint density at radius 3 is 2.46 bits per heavy atom. The third-order valence-corrected chi connectivity index (χ3v) is 5.53. The molecule has 0 spiro atoms. The molecule has 0 bridgehead atoms. The van der Waals surface area contributed by atoms with E-state index in [-0.39, 0.29) is 17.9 Å². The molecule has 1 aliphatic rings. The van der Waals surface area contributed by atoms with Crippen molar-refractivity contribution < 1.29 is 9.59 Å². The van der Waals surface area contributed by atoms with E-state index in [1.807, 2.05) is 66.8 Å². The third-order valence-electron chi connectivity index (χ3n) is 5.53. The molecule has 1 atom stereocenters. The fourth-order valence-electron chi connectivity index (χ4n) is 3.93. The summed E-state index contributed by atoms with van der Waals surface area (Å²) in [5, 5.41) is 7.38. The molecule has 1 aliphatic heterocycles. The number of benzene rings is 1. The lowest BCUT2D eigenvalue weighted by atomic mass is 9.91. The van der Waals surface area contributed by atoms with E-state index in [0.717, 1.165) is 49.4 Å². The van der Waals surface area contributed by atoms with Crippen molar-refractivity contribution in [3.63, 3.8) is 0 Å². The Balaban J connectivity index is 1.43. The lowest BCUT2D eigenvalue weighted by Gasteiger charge is -2.33. The molecule has 1 N–H and O–H groups in total. The summed E-state index contributed by atoms with van der Waals surface area (Å²) in [4.78, 5) is 26.9. The maximum Gasteiger partial charge on any atom is 0.247 e. The van der Waals surface area contributed by atoms with Gasteiger partial charge in [-0.3, -0.25) is 14.3 Å². The van der Waals surface area contributed by atoms with E-state index in [4.69, 9.17) is 0 Å². The van der Waals surface area contributed by atoms with Crippen molar-refractivity contribution in [1.82, 2.24) is 14.7 Å². The summed E-state index contributed by atoms with van der Waals surface area (Å²) in [5.41, 5.74) is 2.79. The molecule has 0 unspecified atom stereocenters. The predicted molar refractivity (Wildman–Crippen MR) is 110 cm³/mol. The molecule has 1 saturated heterocycles. The summed E-state index contributed by atoms with van der Waals surface area (Å²) in [6, 6.07) is 11.3. The first-order valence-electron chi connectivity index (χ1n) is 10.1. The van der Waals surface area contributed by atoms with Crippen molar-refractivity contribution in [2.24, 2.45) is 5.92 Å². The van der Waals surface area contributed by atoms with Crippen molar-refractivity contribution >= 4 is 17.5 Å². The summed E-state index contributed by atoms with van der Waals surface area (Å²) < 4.78 is 1.82. The van der Waals surface area contributed by atoms with Gasteiger partial charge in [0.05, 0.1) is 5.69 Å². The highest BCUT2D eigenvalue weighted by atomic mass is 16.2. The van der Waals surface area contributed by atoms with Crippen LogP contribution in [0.2, 0.25) is 0 Å². The number of nitrogens with one attached hydrogen (secondary N) is 1. The molecule has 0 aliphatic carbocycles. The van der Waals surface area contributed by atoms with Gasteiger partial charge in [-0.2, -0.15) is 5.10 Å². The number of aromatic nitrogens is 2. The number of para-hydroxylation sites is 1. The van der Waals surface area contributed by atoms with Crippen LogP contribution in [0.15, 0.2) is 36.4 Å². The van der Waals surface area contributed by atoms with E-state index in [1.54, 1.807) is 0 Å². The van der Waals surface area contributed by atoms with Crippen LogP contribution in [-0.4, -0.2) is 39.6 Å². The molecule has 1 aromatic carbocycles. The van der Waals surface area contributed by atoms with E-state index in [9.17, 15) is 9.59 Å². The Bertz CT molecular complexity index is 807. The van der Waals surface area contributed by atoms with Crippen molar-refractivity contribution in [2.75, 3.05) is 18.4 Å². The highest BCUT2D eigenvalue weighted by Gasteiger charge is 2.28. The second-order valence-corrected chi connectivity index (χ2v) is 7.77. The monoisotopic (exact) mass is 382 g/mol. The third kappa shape index (κ3) is 5.00. The van der Waals surface area contributed by atoms with Crippen LogP contribution in [0, 0.1) is 19.8 Å². The summed E-state index contributed by atoms with van der Waals surface area (Å²) in [5.74, 6) is 0.684. The van der Waals surface area contributed by atoms with E-state index in [1.165, 1.54) is 0 Å². The molecule has 2 aromatic rings. The fraction of sp³-hybridized carbons (Fsp3) is 0.500. The molecule has 2 heterocycles. The number of piperidine rings is 1. The number of aryl methyl sites for hydroxylation is 2. The topological polar surface area (TPSA) is 67.2 Å². The minimum Gasteiger partial charge on any atom is -0.341 e.